The largest absolute Gasteiger partial charge is 0.388 e. The summed E-state index contributed by atoms with van der Waals surface area (Å²) < 4.78 is 27.5. The highest BCUT2D eigenvalue weighted by Gasteiger charge is 2.26. The van der Waals surface area contributed by atoms with Crippen molar-refractivity contribution in [3.63, 3.8) is 0 Å². The molecule has 5 heteroatoms. The number of rotatable bonds is 4. The maximum atomic E-state index is 14.0. The average Bonchev–Trinajstić information content (AvgIpc) is 2.41. The van der Waals surface area contributed by atoms with Crippen LogP contribution in [-0.2, 0) is 0 Å². The van der Waals surface area contributed by atoms with Crippen molar-refractivity contribution in [2.45, 2.75) is 18.9 Å². The Balaban J connectivity index is 2.45. The molecule has 0 amide bonds. The Morgan fingerprint density at radius 1 is 1.24 bits per heavy atom. The maximum Gasteiger partial charge on any atom is 0.128 e. The third-order valence-electron chi connectivity index (χ3n) is 3.41. The molecule has 0 fully saturated rings. The van der Waals surface area contributed by atoms with Gasteiger partial charge in [0.15, 0.2) is 0 Å². The van der Waals surface area contributed by atoms with E-state index in [1.54, 1.807) is 13.0 Å². The van der Waals surface area contributed by atoms with Crippen LogP contribution >= 0.6 is 11.6 Å². The SMILES string of the molecule is Cc1cc(F)cc(C(O)C(CN)c2c(F)cccc2Cl)c1. The molecule has 0 saturated carbocycles. The fourth-order valence-electron chi connectivity index (χ4n) is 2.44. The van der Waals surface area contributed by atoms with E-state index in [9.17, 15) is 13.9 Å². The number of hydrogen-bond acceptors (Lipinski definition) is 2. The van der Waals surface area contributed by atoms with Gasteiger partial charge in [0.1, 0.15) is 11.6 Å². The van der Waals surface area contributed by atoms with Crippen LogP contribution in [0.4, 0.5) is 8.78 Å². The molecule has 3 N–H and O–H groups in total. The lowest BCUT2D eigenvalue weighted by Crippen LogP contribution is -2.22. The molecule has 0 aromatic heterocycles. The van der Waals surface area contributed by atoms with Crippen LogP contribution in [-0.4, -0.2) is 11.7 Å². The molecule has 0 aliphatic heterocycles. The minimum absolute atomic E-state index is 0.0165. The smallest absolute Gasteiger partial charge is 0.128 e. The van der Waals surface area contributed by atoms with Gasteiger partial charge in [-0.2, -0.15) is 0 Å². The number of aliphatic hydroxyl groups excluding tert-OH is 1. The average molecular weight is 312 g/mol. The van der Waals surface area contributed by atoms with Gasteiger partial charge in [0.25, 0.3) is 0 Å². The van der Waals surface area contributed by atoms with Gasteiger partial charge in [-0.05, 0) is 42.3 Å². The Labute approximate surface area is 127 Å². The van der Waals surface area contributed by atoms with E-state index in [-0.39, 0.29) is 17.1 Å². The molecule has 21 heavy (non-hydrogen) atoms. The third kappa shape index (κ3) is 3.40. The lowest BCUT2D eigenvalue weighted by Gasteiger charge is -2.24. The molecular weight excluding hydrogens is 296 g/mol. The van der Waals surface area contributed by atoms with Gasteiger partial charge in [0.05, 0.1) is 6.10 Å². The second-order valence-electron chi connectivity index (χ2n) is 4.98. The van der Waals surface area contributed by atoms with E-state index in [2.05, 4.69) is 0 Å². The summed E-state index contributed by atoms with van der Waals surface area (Å²) >= 11 is 6.02. The van der Waals surface area contributed by atoms with Crippen LogP contribution in [0.2, 0.25) is 5.02 Å². The van der Waals surface area contributed by atoms with Gasteiger partial charge in [-0.1, -0.05) is 23.7 Å². The second kappa shape index (κ2) is 6.52. The first-order valence-corrected chi connectivity index (χ1v) is 6.91. The van der Waals surface area contributed by atoms with E-state index in [4.69, 9.17) is 17.3 Å². The zero-order valence-electron chi connectivity index (χ0n) is 11.5. The summed E-state index contributed by atoms with van der Waals surface area (Å²) in [6.07, 6.45) is -1.14. The first kappa shape index (κ1) is 15.9. The lowest BCUT2D eigenvalue weighted by molar-refractivity contribution is 0.145. The molecule has 0 saturated heterocycles. The van der Waals surface area contributed by atoms with Crippen molar-refractivity contribution in [1.82, 2.24) is 0 Å². The highest BCUT2D eigenvalue weighted by atomic mass is 35.5. The third-order valence-corrected chi connectivity index (χ3v) is 3.74. The van der Waals surface area contributed by atoms with E-state index >= 15 is 0 Å². The monoisotopic (exact) mass is 311 g/mol. The quantitative estimate of drug-likeness (QED) is 0.904. The Morgan fingerprint density at radius 2 is 1.95 bits per heavy atom. The molecule has 2 nitrogen and oxygen atoms in total. The number of aryl methyl sites for hydroxylation is 1. The van der Waals surface area contributed by atoms with Crippen LogP contribution < -0.4 is 5.73 Å². The molecule has 2 unspecified atom stereocenters. The van der Waals surface area contributed by atoms with Crippen molar-refractivity contribution >= 4 is 11.6 Å². The topological polar surface area (TPSA) is 46.2 Å². The molecule has 0 bridgehead atoms. The Bertz CT molecular complexity index is 608. The Kier molecular flexibility index (Phi) is 4.93. The maximum absolute atomic E-state index is 14.0. The summed E-state index contributed by atoms with van der Waals surface area (Å²) in [6.45, 7) is 1.70. The van der Waals surface area contributed by atoms with Crippen LogP contribution in [0.1, 0.15) is 28.7 Å². The first-order valence-electron chi connectivity index (χ1n) is 6.53. The molecule has 0 aliphatic rings. The molecule has 2 aromatic carbocycles. The van der Waals surface area contributed by atoms with E-state index in [0.717, 1.165) is 0 Å². The van der Waals surface area contributed by atoms with Crippen molar-refractivity contribution in [1.29, 1.82) is 0 Å². The van der Waals surface area contributed by atoms with Crippen LogP contribution in [0.25, 0.3) is 0 Å². The van der Waals surface area contributed by atoms with Crippen LogP contribution in [0.5, 0.6) is 0 Å². The lowest BCUT2D eigenvalue weighted by atomic mass is 9.88. The van der Waals surface area contributed by atoms with Crippen molar-refractivity contribution < 1.29 is 13.9 Å². The van der Waals surface area contributed by atoms with Crippen LogP contribution in [0, 0.1) is 18.6 Å². The predicted molar refractivity (Wildman–Crippen MR) is 79.3 cm³/mol. The number of benzene rings is 2. The second-order valence-corrected chi connectivity index (χ2v) is 5.39. The molecule has 0 radical (unpaired) electrons. The minimum Gasteiger partial charge on any atom is -0.388 e. The molecule has 112 valence electrons. The predicted octanol–water partition coefficient (Wildman–Crippen LogP) is 3.70. The summed E-state index contributed by atoms with van der Waals surface area (Å²) in [7, 11) is 0. The first-order chi connectivity index (χ1) is 9.93. The Hall–Kier alpha value is -1.49. The summed E-state index contributed by atoms with van der Waals surface area (Å²) in [5, 5.41) is 10.7. The van der Waals surface area contributed by atoms with Gasteiger partial charge < -0.3 is 10.8 Å². The van der Waals surface area contributed by atoms with Gasteiger partial charge in [0.2, 0.25) is 0 Å². The number of halogens is 3. The van der Waals surface area contributed by atoms with Crippen LogP contribution in [0.15, 0.2) is 36.4 Å². The van der Waals surface area contributed by atoms with Gasteiger partial charge >= 0.3 is 0 Å². The van der Waals surface area contributed by atoms with E-state index in [0.29, 0.717) is 11.1 Å². The molecule has 2 atom stereocenters. The zero-order valence-corrected chi connectivity index (χ0v) is 12.2. The molecule has 0 heterocycles. The standard InChI is InChI=1S/C16H16ClF2NO/c1-9-5-10(7-11(18)6-9)16(21)12(8-20)15-13(17)3-2-4-14(15)19/h2-7,12,16,21H,8,20H2,1H3. The van der Waals surface area contributed by atoms with E-state index in [1.165, 1.54) is 30.3 Å². The zero-order chi connectivity index (χ0) is 15.6. The highest BCUT2D eigenvalue weighted by Crippen LogP contribution is 2.36. The highest BCUT2D eigenvalue weighted by molar-refractivity contribution is 6.31. The number of aliphatic hydroxyl groups is 1. The van der Waals surface area contributed by atoms with Crippen molar-refractivity contribution in [3.8, 4) is 0 Å². The number of nitrogens with two attached hydrogens (primary N) is 1. The summed E-state index contributed by atoms with van der Waals surface area (Å²) in [5.74, 6) is -1.75. The molecule has 2 rings (SSSR count). The molecule has 0 spiro atoms. The van der Waals surface area contributed by atoms with Gasteiger partial charge in [0, 0.05) is 23.0 Å². The van der Waals surface area contributed by atoms with Gasteiger partial charge in [-0.3, -0.25) is 0 Å². The van der Waals surface area contributed by atoms with Crippen molar-refractivity contribution in [2.75, 3.05) is 6.54 Å². The minimum atomic E-state index is -1.14. The van der Waals surface area contributed by atoms with E-state index in [1.807, 2.05) is 0 Å². The van der Waals surface area contributed by atoms with E-state index < -0.39 is 23.7 Å². The Morgan fingerprint density at radius 3 is 2.52 bits per heavy atom. The fraction of sp³-hybridized carbons (Fsp3) is 0.250. The normalized spacial score (nSPS) is 14.0. The van der Waals surface area contributed by atoms with Crippen molar-refractivity contribution in [3.05, 3.63) is 69.7 Å². The summed E-state index contributed by atoms with van der Waals surface area (Å²) in [4.78, 5) is 0. The molecular formula is C16H16ClF2NO. The fourth-order valence-corrected chi connectivity index (χ4v) is 2.74. The van der Waals surface area contributed by atoms with Gasteiger partial charge in [-0.15, -0.1) is 0 Å². The van der Waals surface area contributed by atoms with Crippen molar-refractivity contribution in [2.24, 2.45) is 5.73 Å². The summed E-state index contributed by atoms with van der Waals surface area (Å²) in [6, 6.07) is 8.48. The summed E-state index contributed by atoms with van der Waals surface area (Å²) in [5.41, 5.74) is 6.84. The van der Waals surface area contributed by atoms with Crippen LogP contribution in [0.3, 0.4) is 0 Å². The molecule has 2 aromatic rings. The van der Waals surface area contributed by atoms with Gasteiger partial charge in [-0.25, -0.2) is 8.78 Å². The molecule has 0 aliphatic carbocycles. The number of hydrogen-bond donors (Lipinski definition) is 2.